The molecule has 1 amide bonds. The van der Waals surface area contributed by atoms with Crippen LogP contribution < -0.4 is 5.32 Å². The Bertz CT molecular complexity index is 977. The van der Waals surface area contributed by atoms with Crippen molar-refractivity contribution in [3.8, 4) is 11.5 Å². The second-order valence-electron chi connectivity index (χ2n) is 5.70. The molecule has 0 saturated heterocycles. The molecule has 0 fully saturated rings. The van der Waals surface area contributed by atoms with Crippen molar-refractivity contribution in [2.75, 3.05) is 5.32 Å². The minimum absolute atomic E-state index is 0.000376. The highest BCUT2D eigenvalue weighted by molar-refractivity contribution is 14.1. The van der Waals surface area contributed by atoms with Crippen molar-refractivity contribution in [3.63, 3.8) is 0 Å². The molecule has 1 heterocycles. The van der Waals surface area contributed by atoms with Crippen LogP contribution in [0.2, 0.25) is 0 Å². The molecule has 1 N–H and O–H groups in total. The lowest BCUT2D eigenvalue weighted by atomic mass is 10.1. The number of nitrogens with one attached hydrogen (secondary N) is 1. The maximum atomic E-state index is 12.3. The van der Waals surface area contributed by atoms with Crippen molar-refractivity contribution in [1.82, 2.24) is 9.78 Å². The first kappa shape index (κ1) is 17.8. The van der Waals surface area contributed by atoms with Crippen LogP contribution in [0.25, 0.3) is 11.5 Å². The maximum absolute atomic E-state index is 12.3. The summed E-state index contributed by atoms with van der Waals surface area (Å²) in [4.78, 5) is 12.5. The molecule has 1 aromatic heterocycles. The quantitative estimate of drug-likeness (QED) is 0.447. The van der Waals surface area contributed by atoms with Crippen molar-refractivity contribution >= 4 is 46.4 Å². The number of carbonyl (C=O) groups excluding carboxylic acids is 1. The number of anilines is 1. The predicted octanol–water partition coefficient (Wildman–Crippen LogP) is 4.73. The fraction of sp³-hybridized carbons (Fsp3) is 0.167. The molecule has 128 valence electrons. The Morgan fingerprint density at radius 2 is 1.96 bits per heavy atom. The lowest BCUT2D eigenvalue weighted by Crippen LogP contribution is -2.20. The highest BCUT2D eigenvalue weighted by Gasteiger charge is 2.12. The molecule has 2 aromatic carbocycles. The summed E-state index contributed by atoms with van der Waals surface area (Å²) in [5.41, 5.74) is 3.75. The third-order valence-electron chi connectivity index (χ3n) is 3.66. The van der Waals surface area contributed by atoms with E-state index in [-0.39, 0.29) is 17.3 Å². The Kier molecular flexibility index (Phi) is 5.33. The number of halogens is 1. The number of nitrogens with zero attached hydrogens (tertiary/aromatic N) is 2. The smallest absolute Gasteiger partial charge is 0.287 e. The number of aryl methyl sites for hydroxylation is 2. The zero-order chi connectivity index (χ0) is 18.0. The van der Waals surface area contributed by atoms with Crippen molar-refractivity contribution in [2.24, 2.45) is 0 Å². The number of aromatic nitrogens is 2. The Morgan fingerprint density at radius 3 is 2.64 bits per heavy atom. The van der Waals surface area contributed by atoms with Gasteiger partial charge in [-0.2, -0.15) is 0 Å². The fourth-order valence-electron chi connectivity index (χ4n) is 2.31. The summed E-state index contributed by atoms with van der Waals surface area (Å²) in [5, 5.41) is 7.19. The molecule has 0 saturated carbocycles. The molecular weight excluding hydrogens is 449 g/mol. The van der Waals surface area contributed by atoms with E-state index in [9.17, 15) is 4.79 Å². The van der Waals surface area contributed by atoms with Gasteiger partial charge >= 0.3 is 0 Å². The maximum Gasteiger partial charge on any atom is 0.287 e. The van der Waals surface area contributed by atoms with Gasteiger partial charge < -0.3 is 9.73 Å². The van der Waals surface area contributed by atoms with Crippen LogP contribution in [0.15, 0.2) is 46.9 Å². The van der Waals surface area contributed by atoms with Gasteiger partial charge in [-0.25, -0.2) is 4.68 Å². The summed E-state index contributed by atoms with van der Waals surface area (Å²) in [7, 11) is 0. The Hall–Kier alpha value is -2.00. The highest BCUT2D eigenvalue weighted by atomic mass is 127. The number of hydrogen-bond donors (Lipinski definition) is 1. The first-order valence-electron chi connectivity index (χ1n) is 7.63. The standard InChI is InChI=1S/C18H16IN3O2S/c1-11-3-5-13(6-4-11)17-21-22(18(25)24-17)10-16(23)20-15-8-7-14(19)9-12(15)2/h3-9H,10H2,1-2H3,(H,20,23). The Morgan fingerprint density at radius 1 is 1.24 bits per heavy atom. The van der Waals surface area contributed by atoms with E-state index in [1.54, 1.807) is 0 Å². The average Bonchev–Trinajstić information content (AvgIpc) is 2.91. The van der Waals surface area contributed by atoms with E-state index in [4.69, 9.17) is 16.6 Å². The lowest BCUT2D eigenvalue weighted by molar-refractivity contribution is -0.117. The minimum atomic E-state index is -0.204. The SMILES string of the molecule is Cc1ccc(-c2nn(CC(=O)Nc3ccc(I)cc3C)c(=S)o2)cc1. The van der Waals surface area contributed by atoms with Crippen molar-refractivity contribution < 1.29 is 9.21 Å². The normalized spacial score (nSPS) is 10.7. The van der Waals surface area contributed by atoms with Crippen LogP contribution in [0.1, 0.15) is 11.1 Å². The molecule has 0 aliphatic rings. The monoisotopic (exact) mass is 465 g/mol. The summed E-state index contributed by atoms with van der Waals surface area (Å²) >= 11 is 7.41. The summed E-state index contributed by atoms with van der Waals surface area (Å²) in [6, 6.07) is 13.6. The second kappa shape index (κ2) is 7.49. The molecule has 0 atom stereocenters. The molecule has 0 bridgehead atoms. The topological polar surface area (TPSA) is 60.1 Å². The third-order valence-corrected chi connectivity index (χ3v) is 4.63. The zero-order valence-electron chi connectivity index (χ0n) is 13.7. The zero-order valence-corrected chi connectivity index (χ0v) is 16.7. The van der Waals surface area contributed by atoms with Gasteiger partial charge in [-0.1, -0.05) is 17.7 Å². The number of hydrogen-bond acceptors (Lipinski definition) is 4. The van der Waals surface area contributed by atoms with Gasteiger partial charge in [0.05, 0.1) is 0 Å². The van der Waals surface area contributed by atoms with Gasteiger partial charge in [0.15, 0.2) is 0 Å². The van der Waals surface area contributed by atoms with Gasteiger partial charge in [0.1, 0.15) is 6.54 Å². The summed E-state index contributed by atoms with van der Waals surface area (Å²) in [5.74, 6) is 0.201. The molecule has 3 aromatic rings. The third kappa shape index (κ3) is 4.35. The van der Waals surface area contributed by atoms with Crippen LogP contribution >= 0.6 is 34.8 Å². The molecule has 3 rings (SSSR count). The molecule has 0 aliphatic carbocycles. The summed E-state index contributed by atoms with van der Waals surface area (Å²) in [6.07, 6.45) is 0. The van der Waals surface area contributed by atoms with E-state index in [0.717, 1.165) is 25.9 Å². The Labute approximate surface area is 164 Å². The average molecular weight is 465 g/mol. The second-order valence-corrected chi connectivity index (χ2v) is 7.30. The first-order valence-corrected chi connectivity index (χ1v) is 9.12. The van der Waals surface area contributed by atoms with E-state index in [1.807, 2.05) is 56.3 Å². The van der Waals surface area contributed by atoms with Gasteiger partial charge in [0.25, 0.3) is 4.84 Å². The van der Waals surface area contributed by atoms with Gasteiger partial charge in [-0.3, -0.25) is 4.79 Å². The number of rotatable bonds is 4. The molecule has 7 heteroatoms. The van der Waals surface area contributed by atoms with Crippen LogP contribution in [0.3, 0.4) is 0 Å². The van der Waals surface area contributed by atoms with E-state index >= 15 is 0 Å². The van der Waals surface area contributed by atoms with Crippen LogP contribution in [-0.4, -0.2) is 15.7 Å². The largest absolute Gasteiger partial charge is 0.409 e. The molecular formula is C18H16IN3O2S. The lowest BCUT2D eigenvalue weighted by Gasteiger charge is -2.08. The van der Waals surface area contributed by atoms with Crippen LogP contribution in [0, 0.1) is 22.3 Å². The van der Waals surface area contributed by atoms with Crippen molar-refractivity contribution in [3.05, 3.63) is 62.0 Å². The van der Waals surface area contributed by atoms with E-state index in [2.05, 4.69) is 33.0 Å². The van der Waals surface area contributed by atoms with Gasteiger partial charge in [-0.05, 0) is 84.6 Å². The molecule has 5 nitrogen and oxygen atoms in total. The number of carbonyl (C=O) groups is 1. The van der Waals surface area contributed by atoms with Crippen LogP contribution in [0.4, 0.5) is 5.69 Å². The van der Waals surface area contributed by atoms with Gasteiger partial charge in [0, 0.05) is 14.8 Å². The van der Waals surface area contributed by atoms with Crippen LogP contribution in [-0.2, 0) is 11.3 Å². The van der Waals surface area contributed by atoms with Gasteiger partial charge in [0.2, 0.25) is 11.8 Å². The number of amides is 1. The minimum Gasteiger partial charge on any atom is -0.409 e. The molecule has 0 spiro atoms. The predicted molar refractivity (Wildman–Crippen MR) is 108 cm³/mol. The fourth-order valence-corrected chi connectivity index (χ4v) is 3.14. The van der Waals surface area contributed by atoms with Crippen molar-refractivity contribution in [1.29, 1.82) is 0 Å². The molecule has 0 unspecified atom stereocenters. The van der Waals surface area contributed by atoms with E-state index < -0.39 is 0 Å². The van der Waals surface area contributed by atoms with Crippen LogP contribution in [0.5, 0.6) is 0 Å². The summed E-state index contributed by atoms with van der Waals surface area (Å²) < 4.78 is 8.03. The number of benzene rings is 2. The summed E-state index contributed by atoms with van der Waals surface area (Å²) in [6.45, 7) is 3.96. The van der Waals surface area contributed by atoms with E-state index in [1.165, 1.54) is 4.68 Å². The first-order chi connectivity index (χ1) is 11.9. The van der Waals surface area contributed by atoms with E-state index in [0.29, 0.717) is 5.89 Å². The Balaban J connectivity index is 1.75. The molecule has 0 radical (unpaired) electrons. The molecule has 25 heavy (non-hydrogen) atoms. The molecule has 0 aliphatic heterocycles. The highest BCUT2D eigenvalue weighted by Crippen LogP contribution is 2.19. The van der Waals surface area contributed by atoms with Crippen molar-refractivity contribution in [2.45, 2.75) is 20.4 Å². The van der Waals surface area contributed by atoms with Gasteiger partial charge in [-0.15, -0.1) is 5.10 Å².